The van der Waals surface area contributed by atoms with E-state index in [0.29, 0.717) is 19.4 Å². The fourth-order valence-corrected chi connectivity index (χ4v) is 5.93. The molecule has 0 N–H and O–H groups in total. The Hall–Kier alpha value is -5.35. The van der Waals surface area contributed by atoms with E-state index >= 15 is 0 Å². The summed E-state index contributed by atoms with van der Waals surface area (Å²) in [5, 5.41) is 0. The number of nitrogens with zero attached hydrogens (tertiary/aromatic N) is 3. The maximum absolute atomic E-state index is 10.5. The highest BCUT2D eigenvalue weighted by Crippen LogP contribution is 2.06. The summed E-state index contributed by atoms with van der Waals surface area (Å²) in [6.45, 7) is 13.6. The zero-order valence-corrected chi connectivity index (χ0v) is 38.0. The number of pyridine rings is 3. The van der Waals surface area contributed by atoms with E-state index < -0.39 is 18.2 Å². The van der Waals surface area contributed by atoms with E-state index in [9.17, 15) is 13.0 Å². The van der Waals surface area contributed by atoms with Gasteiger partial charge in [0.1, 0.15) is 14.6 Å². The molecule has 6 aromatic rings. The molecular weight excluding hydrogens is 866 g/mol. The Bertz CT molecular complexity index is 2400. The van der Waals surface area contributed by atoms with Crippen molar-refractivity contribution in [1.29, 1.82) is 0 Å². The van der Waals surface area contributed by atoms with Crippen molar-refractivity contribution in [3.05, 3.63) is 194 Å². The quantitative estimate of drug-likeness (QED) is 0.0430. The summed E-state index contributed by atoms with van der Waals surface area (Å²) < 4.78 is 34.8. The van der Waals surface area contributed by atoms with E-state index in [4.69, 9.17) is 0 Å². The molecule has 296 valence electrons. The SMILES string of the molecule is C[Si](C)(C)C#Cc1ccncc1.Cc1ccc(C#Cc2cc[n+](CCCCS(=O)(=O)[O-])cc2)cc1.Cc1ccc(C#Cc2ccncc2)cc1.Cc1ccc(I)cc1. The van der Waals surface area contributed by atoms with Gasteiger partial charge < -0.3 is 4.55 Å². The first-order chi connectivity index (χ1) is 27.6. The van der Waals surface area contributed by atoms with Gasteiger partial charge in [-0.3, -0.25) is 9.97 Å². The van der Waals surface area contributed by atoms with Crippen molar-refractivity contribution in [3.8, 4) is 35.1 Å². The van der Waals surface area contributed by atoms with Gasteiger partial charge in [-0.05, 0) is 110 Å². The molecule has 3 heterocycles. The van der Waals surface area contributed by atoms with Crippen LogP contribution in [0.15, 0.2) is 146 Å². The maximum atomic E-state index is 10.5. The molecule has 0 radical (unpaired) electrons. The fourth-order valence-electron chi connectivity index (χ4n) is 4.49. The number of halogens is 1. The van der Waals surface area contributed by atoms with Crippen molar-refractivity contribution < 1.29 is 17.5 Å². The van der Waals surface area contributed by atoms with Crippen LogP contribution < -0.4 is 4.57 Å². The summed E-state index contributed by atoms with van der Waals surface area (Å²) in [5.74, 6) is 15.3. The Morgan fingerprint density at radius 1 is 0.552 bits per heavy atom. The van der Waals surface area contributed by atoms with Crippen LogP contribution >= 0.6 is 22.6 Å². The molecule has 0 aliphatic heterocycles. The summed E-state index contributed by atoms with van der Waals surface area (Å²) in [7, 11) is -5.32. The lowest BCUT2D eigenvalue weighted by atomic mass is 10.1. The predicted molar refractivity (Wildman–Crippen MR) is 247 cm³/mol. The topological polar surface area (TPSA) is 86.9 Å². The number of hydrogen-bond acceptors (Lipinski definition) is 5. The molecule has 0 aliphatic rings. The molecule has 0 unspecified atom stereocenters. The van der Waals surface area contributed by atoms with Crippen molar-refractivity contribution in [2.75, 3.05) is 5.75 Å². The highest BCUT2D eigenvalue weighted by molar-refractivity contribution is 14.1. The van der Waals surface area contributed by atoms with Crippen molar-refractivity contribution in [3.63, 3.8) is 0 Å². The van der Waals surface area contributed by atoms with Gasteiger partial charge >= 0.3 is 0 Å². The average Bonchev–Trinajstić information content (AvgIpc) is 3.21. The molecular formula is C49H50IN3O3SSi. The predicted octanol–water partition coefficient (Wildman–Crippen LogP) is 9.71. The smallest absolute Gasteiger partial charge is 0.170 e. The van der Waals surface area contributed by atoms with E-state index in [1.165, 1.54) is 20.3 Å². The Morgan fingerprint density at radius 3 is 1.29 bits per heavy atom. The van der Waals surface area contributed by atoms with Gasteiger partial charge in [-0.25, -0.2) is 13.0 Å². The highest BCUT2D eigenvalue weighted by Gasteiger charge is 2.07. The van der Waals surface area contributed by atoms with Crippen LogP contribution in [0.1, 0.15) is 57.3 Å². The third kappa shape index (κ3) is 22.4. The Morgan fingerprint density at radius 2 is 0.914 bits per heavy atom. The van der Waals surface area contributed by atoms with Crippen LogP contribution in [0.25, 0.3) is 0 Å². The third-order valence-corrected chi connectivity index (χ3v) is 10.1. The third-order valence-electron chi connectivity index (χ3n) is 7.71. The molecule has 0 spiro atoms. The number of aryl methyl sites for hydroxylation is 4. The molecule has 0 amide bonds. The van der Waals surface area contributed by atoms with E-state index in [1.807, 2.05) is 96.7 Å². The van der Waals surface area contributed by atoms with E-state index in [2.05, 4.69) is 138 Å². The number of hydrogen-bond donors (Lipinski definition) is 0. The second kappa shape index (κ2) is 25.1. The molecule has 58 heavy (non-hydrogen) atoms. The van der Waals surface area contributed by atoms with Gasteiger partial charge in [0.25, 0.3) is 0 Å². The zero-order valence-electron chi connectivity index (χ0n) is 34.0. The van der Waals surface area contributed by atoms with Crippen molar-refractivity contribution >= 4 is 40.8 Å². The number of unbranched alkanes of at least 4 members (excludes halogenated alkanes) is 1. The Labute approximate surface area is 361 Å². The molecule has 0 saturated carbocycles. The lowest BCUT2D eigenvalue weighted by Crippen LogP contribution is -2.32. The second-order valence-electron chi connectivity index (χ2n) is 14.3. The first kappa shape index (κ1) is 47.0. The van der Waals surface area contributed by atoms with Crippen molar-refractivity contribution in [1.82, 2.24) is 9.97 Å². The second-order valence-corrected chi connectivity index (χ2v) is 21.8. The molecule has 6 rings (SSSR count). The zero-order chi connectivity index (χ0) is 42.2. The Balaban J connectivity index is 0.000000222. The van der Waals surface area contributed by atoms with Crippen LogP contribution in [0.3, 0.4) is 0 Å². The van der Waals surface area contributed by atoms with Crippen LogP contribution in [0, 0.1) is 59.5 Å². The van der Waals surface area contributed by atoms with Crippen LogP contribution in [0.4, 0.5) is 0 Å². The minimum absolute atomic E-state index is 0.298. The van der Waals surface area contributed by atoms with Crippen LogP contribution in [-0.4, -0.2) is 36.8 Å². The molecule has 0 saturated heterocycles. The minimum atomic E-state index is -4.10. The first-order valence-electron chi connectivity index (χ1n) is 18.8. The first-order valence-corrected chi connectivity index (χ1v) is 24.9. The fraction of sp³-hybridized carbons (Fsp3) is 0.204. The van der Waals surface area contributed by atoms with Crippen molar-refractivity contribution in [2.24, 2.45) is 0 Å². The van der Waals surface area contributed by atoms with Gasteiger partial charge in [0.05, 0.1) is 10.1 Å². The summed E-state index contributed by atoms with van der Waals surface area (Å²) in [6.07, 6.45) is 11.9. The maximum Gasteiger partial charge on any atom is 0.170 e. The summed E-state index contributed by atoms with van der Waals surface area (Å²) in [5.41, 5.74) is 12.1. The molecule has 0 bridgehead atoms. The largest absolute Gasteiger partial charge is 0.748 e. The van der Waals surface area contributed by atoms with E-state index in [1.54, 1.807) is 24.8 Å². The number of rotatable bonds is 5. The van der Waals surface area contributed by atoms with Crippen LogP contribution in [0.5, 0.6) is 0 Å². The summed E-state index contributed by atoms with van der Waals surface area (Å²) in [4.78, 5) is 7.88. The number of aromatic nitrogens is 3. The van der Waals surface area contributed by atoms with Gasteiger partial charge in [-0.2, -0.15) is 0 Å². The van der Waals surface area contributed by atoms with Crippen LogP contribution in [0.2, 0.25) is 19.6 Å². The summed E-state index contributed by atoms with van der Waals surface area (Å²) >= 11 is 2.30. The molecule has 9 heteroatoms. The highest BCUT2D eigenvalue weighted by atomic mass is 127. The standard InChI is InChI=1S/C18H19NO3S.C14H11N.C10H13NSi.C7H7I/c1-16-4-6-17(7-5-16)8-9-18-10-13-19(14-11-18)12-2-3-15-23(20,21)22;1-12-2-4-13(5-3-12)6-7-14-8-10-15-11-9-14;1-12(2,3)9-6-10-4-7-11-8-5-10;1-6-2-4-7(8)5-3-6/h4-7,10-11,13-14H,2-3,12,15H2,1H3;2-5,8-11H,1H3;4-5,7-8H,1-3H3;2-5H,1H3. The van der Waals surface area contributed by atoms with E-state index in [-0.39, 0.29) is 5.75 Å². The molecule has 0 aliphatic carbocycles. The summed E-state index contributed by atoms with van der Waals surface area (Å²) in [6, 6.07) is 36.2. The minimum Gasteiger partial charge on any atom is -0.748 e. The molecule has 0 fully saturated rings. The van der Waals surface area contributed by atoms with Gasteiger partial charge in [-0.15, -0.1) is 5.54 Å². The molecule has 3 aromatic heterocycles. The molecule has 0 atom stereocenters. The van der Waals surface area contributed by atoms with Crippen molar-refractivity contribution in [2.45, 2.75) is 59.8 Å². The molecule has 6 nitrogen and oxygen atoms in total. The number of benzene rings is 3. The average molecular weight is 916 g/mol. The lowest BCUT2D eigenvalue weighted by Gasteiger charge is -2.04. The monoisotopic (exact) mass is 915 g/mol. The van der Waals surface area contributed by atoms with Gasteiger partial charge in [0.2, 0.25) is 0 Å². The molecule has 3 aromatic carbocycles. The van der Waals surface area contributed by atoms with Gasteiger partial charge in [0, 0.05) is 80.5 Å². The van der Waals surface area contributed by atoms with Gasteiger partial charge in [-0.1, -0.05) is 102 Å². The van der Waals surface area contributed by atoms with Crippen LogP contribution in [-0.2, 0) is 16.7 Å². The van der Waals surface area contributed by atoms with E-state index in [0.717, 1.165) is 27.8 Å². The lowest BCUT2D eigenvalue weighted by molar-refractivity contribution is -0.697. The normalized spacial score (nSPS) is 10.1. The Kier molecular flexibility index (Phi) is 20.4. The van der Waals surface area contributed by atoms with Gasteiger partial charge in [0.15, 0.2) is 12.4 Å².